The molecule has 0 bridgehead atoms. The van der Waals surface area contributed by atoms with Gasteiger partial charge in [-0.3, -0.25) is 4.79 Å². The van der Waals surface area contributed by atoms with Gasteiger partial charge in [0.05, 0.1) is 16.8 Å². The predicted molar refractivity (Wildman–Crippen MR) is 111 cm³/mol. The van der Waals surface area contributed by atoms with Crippen molar-refractivity contribution in [3.05, 3.63) is 77.3 Å². The van der Waals surface area contributed by atoms with E-state index in [0.29, 0.717) is 22.2 Å². The van der Waals surface area contributed by atoms with Crippen LogP contribution in [0.5, 0.6) is 5.75 Å². The lowest BCUT2D eigenvalue weighted by molar-refractivity contribution is -0.131. The van der Waals surface area contributed by atoms with Gasteiger partial charge in [-0.15, -0.1) is 0 Å². The van der Waals surface area contributed by atoms with Crippen LogP contribution in [0, 0.1) is 6.92 Å². The van der Waals surface area contributed by atoms with Crippen LogP contribution in [0.2, 0.25) is 5.02 Å². The number of fused-ring (bicyclic) bond motifs is 1. The summed E-state index contributed by atoms with van der Waals surface area (Å²) in [5, 5.41) is 1.46. The Balaban J connectivity index is 1.98. The number of hydrogen-bond acceptors (Lipinski definition) is 4. The number of benzene rings is 3. The normalized spacial score (nSPS) is 10.8. The third kappa shape index (κ3) is 3.59. The van der Waals surface area contributed by atoms with E-state index in [0.717, 1.165) is 22.2 Å². The molecule has 0 aliphatic carbocycles. The van der Waals surface area contributed by atoms with Crippen molar-refractivity contribution in [2.45, 2.75) is 13.8 Å². The molecule has 1 aromatic heterocycles. The maximum Gasteiger partial charge on any atom is 0.308 e. The Morgan fingerprint density at radius 3 is 2.46 bits per heavy atom. The zero-order valence-corrected chi connectivity index (χ0v) is 16.2. The van der Waals surface area contributed by atoms with E-state index >= 15 is 0 Å². The van der Waals surface area contributed by atoms with Gasteiger partial charge in [0.15, 0.2) is 5.82 Å². The summed E-state index contributed by atoms with van der Waals surface area (Å²) in [7, 11) is 0. The quantitative estimate of drug-likeness (QED) is 0.326. The lowest BCUT2D eigenvalue weighted by atomic mass is 10.0. The molecule has 0 radical (unpaired) electrons. The topological polar surface area (TPSA) is 52.1 Å². The molecular formula is C23H17ClN2O2. The Morgan fingerprint density at radius 1 is 0.964 bits per heavy atom. The lowest BCUT2D eigenvalue weighted by Crippen LogP contribution is -2.04. The molecule has 28 heavy (non-hydrogen) atoms. The molecule has 0 unspecified atom stereocenters. The van der Waals surface area contributed by atoms with Crippen LogP contribution in [0.15, 0.2) is 66.7 Å². The first-order chi connectivity index (χ1) is 13.5. The number of para-hydroxylation sites is 1. The lowest BCUT2D eigenvalue weighted by Gasteiger charge is -2.12. The van der Waals surface area contributed by atoms with Gasteiger partial charge in [-0.1, -0.05) is 59.6 Å². The smallest absolute Gasteiger partial charge is 0.308 e. The molecule has 5 heteroatoms. The fourth-order valence-electron chi connectivity index (χ4n) is 3.05. The molecule has 3 aromatic carbocycles. The molecule has 1 heterocycles. The van der Waals surface area contributed by atoms with E-state index < -0.39 is 5.97 Å². The molecule has 4 aromatic rings. The highest BCUT2D eigenvalue weighted by atomic mass is 35.5. The first kappa shape index (κ1) is 18.1. The summed E-state index contributed by atoms with van der Waals surface area (Å²) in [6, 6.07) is 21.1. The van der Waals surface area contributed by atoms with Crippen molar-refractivity contribution in [2.75, 3.05) is 0 Å². The number of ether oxygens (including phenoxy) is 1. The van der Waals surface area contributed by atoms with E-state index in [9.17, 15) is 4.79 Å². The largest absolute Gasteiger partial charge is 0.426 e. The van der Waals surface area contributed by atoms with Gasteiger partial charge in [0, 0.05) is 22.9 Å². The number of nitrogens with zero attached hydrogens (tertiary/aromatic N) is 2. The zero-order chi connectivity index (χ0) is 19.7. The average molecular weight is 389 g/mol. The van der Waals surface area contributed by atoms with Crippen molar-refractivity contribution in [1.82, 2.24) is 9.97 Å². The van der Waals surface area contributed by atoms with Crippen LogP contribution in [-0.4, -0.2) is 15.9 Å². The molecule has 0 N–H and O–H groups in total. The molecule has 138 valence electrons. The van der Waals surface area contributed by atoms with Crippen molar-refractivity contribution >= 4 is 28.5 Å². The SMILES string of the molecule is CC(=O)Oc1ccc(Cl)cc1-c1nc(-c2ccc(C)cc2)c2ccccc2n1. The van der Waals surface area contributed by atoms with Gasteiger partial charge in [0.25, 0.3) is 0 Å². The number of halogens is 1. The minimum absolute atomic E-state index is 0.377. The van der Waals surface area contributed by atoms with Crippen LogP contribution in [0.25, 0.3) is 33.5 Å². The van der Waals surface area contributed by atoms with E-state index in [2.05, 4.69) is 12.1 Å². The molecule has 0 fully saturated rings. The fraction of sp³-hybridized carbons (Fsp3) is 0.0870. The monoisotopic (exact) mass is 388 g/mol. The molecule has 0 saturated heterocycles. The molecule has 0 aliphatic rings. The van der Waals surface area contributed by atoms with Crippen LogP contribution in [0.1, 0.15) is 12.5 Å². The van der Waals surface area contributed by atoms with Crippen molar-refractivity contribution in [1.29, 1.82) is 0 Å². The van der Waals surface area contributed by atoms with E-state index in [1.54, 1.807) is 18.2 Å². The number of aromatic nitrogens is 2. The van der Waals surface area contributed by atoms with Gasteiger partial charge < -0.3 is 4.74 Å². The van der Waals surface area contributed by atoms with Crippen molar-refractivity contribution in [3.63, 3.8) is 0 Å². The molecule has 0 aliphatic heterocycles. The van der Waals surface area contributed by atoms with Crippen molar-refractivity contribution in [3.8, 4) is 28.4 Å². The molecule has 0 saturated carbocycles. The van der Waals surface area contributed by atoms with Crippen molar-refractivity contribution < 1.29 is 9.53 Å². The first-order valence-electron chi connectivity index (χ1n) is 8.83. The van der Waals surface area contributed by atoms with Crippen LogP contribution in [0.3, 0.4) is 0 Å². The Bertz CT molecular complexity index is 1190. The molecule has 0 spiro atoms. The Kier molecular flexibility index (Phi) is 4.80. The second-order valence-electron chi connectivity index (χ2n) is 6.51. The Morgan fingerprint density at radius 2 is 1.71 bits per heavy atom. The minimum Gasteiger partial charge on any atom is -0.426 e. The summed E-state index contributed by atoms with van der Waals surface area (Å²) in [4.78, 5) is 21.0. The van der Waals surface area contributed by atoms with Crippen LogP contribution >= 0.6 is 11.6 Å². The number of carbonyl (C=O) groups excluding carboxylic acids is 1. The standard InChI is InChI=1S/C23H17ClN2O2/c1-14-7-9-16(10-8-14)22-18-5-3-4-6-20(18)25-23(26-22)19-13-17(24)11-12-21(19)28-15(2)27/h3-13H,1-2H3. The number of hydrogen-bond donors (Lipinski definition) is 0. The van der Waals surface area contributed by atoms with Gasteiger partial charge >= 0.3 is 5.97 Å². The number of aryl methyl sites for hydroxylation is 1. The second kappa shape index (κ2) is 7.41. The van der Waals surface area contributed by atoms with Gasteiger partial charge in [-0.2, -0.15) is 0 Å². The zero-order valence-electron chi connectivity index (χ0n) is 15.4. The third-order valence-corrected chi connectivity index (χ3v) is 4.60. The maximum absolute atomic E-state index is 11.5. The second-order valence-corrected chi connectivity index (χ2v) is 6.95. The summed E-state index contributed by atoms with van der Waals surface area (Å²) in [6.45, 7) is 3.40. The first-order valence-corrected chi connectivity index (χ1v) is 9.21. The van der Waals surface area contributed by atoms with E-state index in [1.807, 2.05) is 43.3 Å². The number of rotatable bonds is 3. The number of carbonyl (C=O) groups is 1. The highest BCUT2D eigenvalue weighted by molar-refractivity contribution is 6.31. The summed E-state index contributed by atoms with van der Waals surface area (Å²) in [5.74, 6) is 0.415. The molecule has 4 rings (SSSR count). The summed E-state index contributed by atoms with van der Waals surface area (Å²) in [6.07, 6.45) is 0. The molecule has 0 atom stereocenters. The maximum atomic E-state index is 11.5. The summed E-state index contributed by atoms with van der Waals surface area (Å²) < 4.78 is 5.35. The summed E-state index contributed by atoms with van der Waals surface area (Å²) >= 11 is 6.20. The van der Waals surface area contributed by atoms with Crippen LogP contribution in [-0.2, 0) is 4.79 Å². The number of esters is 1. The highest BCUT2D eigenvalue weighted by Gasteiger charge is 2.16. The van der Waals surface area contributed by atoms with Crippen molar-refractivity contribution in [2.24, 2.45) is 0 Å². The summed E-state index contributed by atoms with van der Waals surface area (Å²) in [5.41, 5.74) is 4.35. The average Bonchev–Trinajstić information content (AvgIpc) is 2.69. The molecule has 4 nitrogen and oxygen atoms in total. The van der Waals surface area contributed by atoms with E-state index in [1.165, 1.54) is 12.5 Å². The van der Waals surface area contributed by atoms with Gasteiger partial charge in [0.1, 0.15) is 5.75 Å². The van der Waals surface area contributed by atoms with E-state index in [4.69, 9.17) is 26.3 Å². The van der Waals surface area contributed by atoms with Gasteiger partial charge in [-0.05, 0) is 31.2 Å². The van der Waals surface area contributed by atoms with E-state index in [-0.39, 0.29) is 0 Å². The fourth-order valence-corrected chi connectivity index (χ4v) is 3.22. The minimum atomic E-state index is -0.414. The van der Waals surface area contributed by atoms with Crippen LogP contribution in [0.4, 0.5) is 0 Å². The third-order valence-electron chi connectivity index (χ3n) is 4.36. The molecule has 0 amide bonds. The Hall–Kier alpha value is -3.24. The highest BCUT2D eigenvalue weighted by Crippen LogP contribution is 2.34. The predicted octanol–water partition coefficient (Wildman–Crippen LogP) is 5.85. The molecular weight excluding hydrogens is 372 g/mol. The Labute approximate surface area is 167 Å². The van der Waals surface area contributed by atoms with Gasteiger partial charge in [0.2, 0.25) is 0 Å². The van der Waals surface area contributed by atoms with Gasteiger partial charge in [-0.25, -0.2) is 9.97 Å². The van der Waals surface area contributed by atoms with Crippen LogP contribution < -0.4 is 4.74 Å².